The van der Waals surface area contributed by atoms with E-state index in [1.807, 2.05) is 0 Å². The largest absolute Gasteiger partial charge is 0.336 e. The van der Waals surface area contributed by atoms with Gasteiger partial charge < -0.3 is 10.2 Å². The lowest BCUT2D eigenvalue weighted by molar-refractivity contribution is -0.137. The van der Waals surface area contributed by atoms with E-state index in [4.69, 9.17) is 0 Å². The van der Waals surface area contributed by atoms with Gasteiger partial charge >= 0.3 is 0 Å². The van der Waals surface area contributed by atoms with Crippen LogP contribution < -0.4 is 5.32 Å². The third kappa shape index (κ3) is 5.28. The SMILES string of the molecule is CC(C)(C)NCC(=O)N(C1CCCCC1)C1CCCCC1. The Labute approximate surface area is 130 Å². The van der Waals surface area contributed by atoms with Gasteiger partial charge in [0.15, 0.2) is 0 Å². The molecule has 21 heavy (non-hydrogen) atoms. The van der Waals surface area contributed by atoms with Crippen LogP contribution in [0.5, 0.6) is 0 Å². The van der Waals surface area contributed by atoms with Crippen LogP contribution in [0.2, 0.25) is 0 Å². The molecule has 0 aromatic carbocycles. The smallest absolute Gasteiger partial charge is 0.237 e. The summed E-state index contributed by atoms with van der Waals surface area (Å²) in [4.78, 5) is 15.2. The lowest BCUT2D eigenvalue weighted by Gasteiger charge is -2.42. The first-order chi connectivity index (χ1) is 9.97. The van der Waals surface area contributed by atoms with Crippen LogP contribution in [-0.4, -0.2) is 35.0 Å². The Morgan fingerprint density at radius 2 is 1.33 bits per heavy atom. The van der Waals surface area contributed by atoms with Gasteiger partial charge in [0.2, 0.25) is 5.91 Å². The Hall–Kier alpha value is -0.570. The number of hydrogen-bond acceptors (Lipinski definition) is 2. The topological polar surface area (TPSA) is 32.3 Å². The van der Waals surface area contributed by atoms with Gasteiger partial charge in [0.25, 0.3) is 0 Å². The molecule has 0 bridgehead atoms. The lowest BCUT2D eigenvalue weighted by Crippen LogP contribution is -2.53. The average molecular weight is 294 g/mol. The summed E-state index contributed by atoms with van der Waals surface area (Å²) in [5.74, 6) is 0.337. The number of nitrogens with one attached hydrogen (secondary N) is 1. The Morgan fingerprint density at radius 1 is 0.905 bits per heavy atom. The molecule has 0 aromatic rings. The van der Waals surface area contributed by atoms with Crippen molar-refractivity contribution in [2.45, 2.75) is 103 Å². The van der Waals surface area contributed by atoms with E-state index < -0.39 is 0 Å². The molecule has 0 heterocycles. The molecule has 0 saturated heterocycles. The molecule has 3 nitrogen and oxygen atoms in total. The van der Waals surface area contributed by atoms with Crippen LogP contribution in [0.3, 0.4) is 0 Å². The summed E-state index contributed by atoms with van der Waals surface area (Å²) >= 11 is 0. The number of amides is 1. The third-order valence-electron chi connectivity index (χ3n) is 4.99. The summed E-state index contributed by atoms with van der Waals surface area (Å²) < 4.78 is 0. The second-order valence-corrected chi connectivity index (χ2v) is 7.99. The molecule has 3 heteroatoms. The minimum atomic E-state index is 0.0143. The number of hydrogen-bond donors (Lipinski definition) is 1. The van der Waals surface area contributed by atoms with Gasteiger partial charge in [0, 0.05) is 17.6 Å². The fraction of sp³-hybridized carbons (Fsp3) is 0.944. The first-order valence-electron chi connectivity index (χ1n) is 9.03. The zero-order valence-corrected chi connectivity index (χ0v) is 14.3. The summed E-state index contributed by atoms with van der Waals surface area (Å²) in [5, 5.41) is 3.39. The van der Waals surface area contributed by atoms with E-state index >= 15 is 0 Å². The van der Waals surface area contributed by atoms with Crippen molar-refractivity contribution in [3.8, 4) is 0 Å². The van der Waals surface area contributed by atoms with E-state index in [2.05, 4.69) is 31.0 Å². The molecule has 2 rings (SSSR count). The highest BCUT2D eigenvalue weighted by atomic mass is 16.2. The minimum Gasteiger partial charge on any atom is -0.336 e. The molecule has 0 unspecified atom stereocenters. The van der Waals surface area contributed by atoms with Crippen molar-refractivity contribution >= 4 is 5.91 Å². The quantitative estimate of drug-likeness (QED) is 0.853. The maximum absolute atomic E-state index is 12.9. The molecular formula is C18H34N2O. The van der Waals surface area contributed by atoms with E-state index in [1.54, 1.807) is 0 Å². The first kappa shape index (κ1) is 16.8. The summed E-state index contributed by atoms with van der Waals surface area (Å²) in [6.07, 6.45) is 12.8. The van der Waals surface area contributed by atoms with Gasteiger partial charge in [-0.3, -0.25) is 4.79 Å². The van der Waals surface area contributed by atoms with E-state index in [0.29, 0.717) is 24.5 Å². The zero-order valence-electron chi connectivity index (χ0n) is 14.3. The Morgan fingerprint density at radius 3 is 1.71 bits per heavy atom. The lowest BCUT2D eigenvalue weighted by atomic mass is 9.88. The molecule has 2 fully saturated rings. The molecule has 2 aliphatic carbocycles. The Balaban J connectivity index is 2.00. The first-order valence-corrected chi connectivity index (χ1v) is 9.03. The maximum atomic E-state index is 12.9. The summed E-state index contributed by atoms with van der Waals surface area (Å²) in [6.45, 7) is 6.89. The summed E-state index contributed by atoms with van der Waals surface area (Å²) in [6, 6.07) is 1.02. The average Bonchev–Trinajstić information content (AvgIpc) is 2.47. The van der Waals surface area contributed by atoms with Crippen LogP contribution in [0.15, 0.2) is 0 Å². The van der Waals surface area contributed by atoms with Gasteiger partial charge in [-0.25, -0.2) is 0 Å². The molecule has 2 saturated carbocycles. The van der Waals surface area contributed by atoms with Crippen LogP contribution in [0.1, 0.15) is 85.0 Å². The number of carbonyl (C=O) groups is 1. The van der Waals surface area contributed by atoms with Gasteiger partial charge in [0.05, 0.1) is 6.54 Å². The standard InChI is InChI=1S/C18H34N2O/c1-18(2,3)19-14-17(21)20(15-10-6-4-7-11-15)16-12-8-5-9-13-16/h15-16,19H,4-14H2,1-3H3. The monoisotopic (exact) mass is 294 g/mol. The van der Waals surface area contributed by atoms with E-state index in [1.165, 1.54) is 64.2 Å². The number of nitrogens with zero attached hydrogens (tertiary/aromatic N) is 1. The molecule has 1 amide bonds. The summed E-state index contributed by atoms with van der Waals surface area (Å²) in [7, 11) is 0. The van der Waals surface area contributed by atoms with Crippen LogP contribution in [0.4, 0.5) is 0 Å². The second-order valence-electron chi connectivity index (χ2n) is 7.99. The molecular weight excluding hydrogens is 260 g/mol. The molecule has 0 aromatic heterocycles. The van der Waals surface area contributed by atoms with Crippen molar-refractivity contribution in [2.75, 3.05) is 6.54 Å². The molecule has 0 aliphatic heterocycles. The van der Waals surface area contributed by atoms with Crippen LogP contribution in [0.25, 0.3) is 0 Å². The van der Waals surface area contributed by atoms with Crippen molar-refractivity contribution in [3.63, 3.8) is 0 Å². The summed E-state index contributed by atoms with van der Waals surface area (Å²) in [5.41, 5.74) is 0.0143. The highest BCUT2D eigenvalue weighted by Gasteiger charge is 2.32. The number of carbonyl (C=O) groups excluding carboxylic acids is 1. The molecule has 0 atom stereocenters. The number of rotatable bonds is 4. The van der Waals surface area contributed by atoms with Crippen LogP contribution in [0, 0.1) is 0 Å². The van der Waals surface area contributed by atoms with Gasteiger partial charge in [-0.05, 0) is 46.5 Å². The van der Waals surface area contributed by atoms with Crippen molar-refractivity contribution in [2.24, 2.45) is 0 Å². The Bertz CT molecular complexity index is 305. The van der Waals surface area contributed by atoms with Crippen LogP contribution >= 0.6 is 0 Å². The highest BCUT2D eigenvalue weighted by molar-refractivity contribution is 5.79. The fourth-order valence-electron chi connectivity index (χ4n) is 3.86. The Kier molecular flexibility index (Phi) is 6.09. The van der Waals surface area contributed by atoms with Crippen molar-refractivity contribution in [1.29, 1.82) is 0 Å². The van der Waals surface area contributed by atoms with Crippen LogP contribution in [-0.2, 0) is 4.79 Å². The van der Waals surface area contributed by atoms with E-state index in [9.17, 15) is 4.79 Å². The predicted octanol–water partition coefficient (Wildman–Crippen LogP) is 3.87. The molecule has 0 spiro atoms. The van der Waals surface area contributed by atoms with Crippen molar-refractivity contribution < 1.29 is 4.79 Å². The fourth-order valence-corrected chi connectivity index (χ4v) is 3.86. The normalized spacial score (nSPS) is 22.2. The minimum absolute atomic E-state index is 0.0143. The molecule has 2 aliphatic rings. The zero-order chi connectivity index (χ0) is 15.3. The van der Waals surface area contributed by atoms with Gasteiger partial charge in [-0.2, -0.15) is 0 Å². The molecule has 0 radical (unpaired) electrons. The van der Waals surface area contributed by atoms with E-state index in [0.717, 1.165) is 0 Å². The second kappa shape index (κ2) is 7.62. The van der Waals surface area contributed by atoms with Gasteiger partial charge in [0.1, 0.15) is 0 Å². The van der Waals surface area contributed by atoms with Gasteiger partial charge in [-0.15, -0.1) is 0 Å². The van der Waals surface area contributed by atoms with Crippen molar-refractivity contribution in [1.82, 2.24) is 10.2 Å². The third-order valence-corrected chi connectivity index (χ3v) is 4.99. The highest BCUT2D eigenvalue weighted by Crippen LogP contribution is 2.30. The predicted molar refractivity (Wildman–Crippen MR) is 88.3 cm³/mol. The van der Waals surface area contributed by atoms with Gasteiger partial charge in [-0.1, -0.05) is 38.5 Å². The maximum Gasteiger partial charge on any atom is 0.237 e. The van der Waals surface area contributed by atoms with E-state index in [-0.39, 0.29) is 5.54 Å². The van der Waals surface area contributed by atoms with Crippen molar-refractivity contribution in [3.05, 3.63) is 0 Å². The molecule has 1 N–H and O–H groups in total. The molecule has 122 valence electrons.